The largest absolute Gasteiger partial charge is 0.382 e. The van der Waals surface area contributed by atoms with E-state index in [2.05, 4.69) is 10.6 Å². The van der Waals surface area contributed by atoms with Crippen LogP contribution in [0.15, 0.2) is 24.3 Å². The lowest BCUT2D eigenvalue weighted by molar-refractivity contribution is 0.145. The van der Waals surface area contributed by atoms with Gasteiger partial charge in [-0.2, -0.15) is 0 Å². The van der Waals surface area contributed by atoms with E-state index in [1.165, 1.54) is 12.1 Å². The van der Waals surface area contributed by atoms with Crippen molar-refractivity contribution in [2.24, 2.45) is 0 Å². The second kappa shape index (κ2) is 9.33. The molecule has 0 bridgehead atoms. The predicted octanol–water partition coefficient (Wildman–Crippen LogP) is 2.09. The van der Waals surface area contributed by atoms with E-state index in [1.54, 1.807) is 12.1 Å². The molecule has 0 atom stereocenters. The standard InChI is InChI=1S/C14H21FN2O2/c1-2-19-11-3-9-16-14(18)17-10-8-12-4-6-13(15)7-5-12/h4-7H,2-3,8-11H2,1H3,(H2,16,17,18). The molecule has 0 saturated heterocycles. The smallest absolute Gasteiger partial charge is 0.314 e. The van der Waals surface area contributed by atoms with Gasteiger partial charge in [-0.15, -0.1) is 0 Å². The van der Waals surface area contributed by atoms with Gasteiger partial charge in [0.1, 0.15) is 5.82 Å². The average molecular weight is 268 g/mol. The maximum absolute atomic E-state index is 12.7. The zero-order valence-corrected chi connectivity index (χ0v) is 11.2. The van der Waals surface area contributed by atoms with Gasteiger partial charge in [-0.05, 0) is 37.5 Å². The molecule has 1 aromatic carbocycles. The van der Waals surface area contributed by atoms with Gasteiger partial charge in [-0.25, -0.2) is 9.18 Å². The van der Waals surface area contributed by atoms with Gasteiger partial charge < -0.3 is 15.4 Å². The third kappa shape index (κ3) is 7.41. The number of ether oxygens (including phenoxy) is 1. The Morgan fingerprint density at radius 2 is 1.89 bits per heavy atom. The van der Waals surface area contributed by atoms with Crippen LogP contribution in [-0.2, 0) is 11.2 Å². The number of rotatable bonds is 8. The molecular formula is C14H21FN2O2. The van der Waals surface area contributed by atoms with Gasteiger partial charge in [0.15, 0.2) is 0 Å². The summed E-state index contributed by atoms with van der Waals surface area (Å²) in [4.78, 5) is 11.4. The maximum atomic E-state index is 12.7. The highest BCUT2D eigenvalue weighted by atomic mass is 19.1. The lowest BCUT2D eigenvalue weighted by atomic mass is 10.1. The SMILES string of the molecule is CCOCCCNC(=O)NCCc1ccc(F)cc1. The third-order valence-corrected chi connectivity index (χ3v) is 2.57. The highest BCUT2D eigenvalue weighted by Gasteiger charge is 1.99. The number of hydrogen-bond acceptors (Lipinski definition) is 2. The zero-order valence-electron chi connectivity index (χ0n) is 11.2. The minimum atomic E-state index is -0.247. The Labute approximate surface area is 113 Å². The van der Waals surface area contributed by atoms with Crippen molar-refractivity contribution < 1.29 is 13.9 Å². The Kier molecular flexibility index (Phi) is 7.58. The van der Waals surface area contributed by atoms with Crippen LogP contribution in [0.25, 0.3) is 0 Å². The van der Waals surface area contributed by atoms with E-state index in [4.69, 9.17) is 4.74 Å². The van der Waals surface area contributed by atoms with Gasteiger partial charge in [-0.3, -0.25) is 0 Å². The monoisotopic (exact) mass is 268 g/mol. The summed E-state index contributed by atoms with van der Waals surface area (Å²) in [6.07, 6.45) is 1.49. The van der Waals surface area contributed by atoms with Gasteiger partial charge in [-0.1, -0.05) is 12.1 Å². The molecule has 0 fully saturated rings. The zero-order chi connectivity index (χ0) is 13.9. The van der Waals surface area contributed by atoms with Gasteiger partial charge in [0.25, 0.3) is 0 Å². The van der Waals surface area contributed by atoms with Crippen molar-refractivity contribution in [1.82, 2.24) is 10.6 Å². The van der Waals surface area contributed by atoms with Crippen molar-refractivity contribution in [3.8, 4) is 0 Å². The molecule has 4 nitrogen and oxygen atoms in total. The Morgan fingerprint density at radius 1 is 1.21 bits per heavy atom. The second-order valence-electron chi connectivity index (χ2n) is 4.11. The van der Waals surface area contributed by atoms with Gasteiger partial charge >= 0.3 is 6.03 Å². The fourth-order valence-corrected chi connectivity index (χ4v) is 1.55. The van der Waals surface area contributed by atoms with E-state index in [0.717, 1.165) is 12.0 Å². The number of halogens is 1. The fourth-order valence-electron chi connectivity index (χ4n) is 1.55. The first kappa shape index (κ1) is 15.4. The molecule has 0 aliphatic heterocycles. The third-order valence-electron chi connectivity index (χ3n) is 2.57. The van der Waals surface area contributed by atoms with E-state index in [9.17, 15) is 9.18 Å². The van der Waals surface area contributed by atoms with E-state index in [1.807, 2.05) is 6.92 Å². The molecule has 0 spiro atoms. The van der Waals surface area contributed by atoms with Crippen LogP contribution in [0.2, 0.25) is 0 Å². The van der Waals surface area contributed by atoms with Gasteiger partial charge in [0.05, 0.1) is 0 Å². The van der Waals surface area contributed by atoms with Crippen LogP contribution < -0.4 is 10.6 Å². The first-order valence-electron chi connectivity index (χ1n) is 6.56. The van der Waals surface area contributed by atoms with Crippen LogP contribution in [0.3, 0.4) is 0 Å². The predicted molar refractivity (Wildman–Crippen MR) is 72.6 cm³/mol. The summed E-state index contributed by atoms with van der Waals surface area (Å²) in [7, 11) is 0. The minimum Gasteiger partial charge on any atom is -0.382 e. The number of amides is 2. The van der Waals surface area contributed by atoms with Gasteiger partial charge in [0.2, 0.25) is 0 Å². The summed E-state index contributed by atoms with van der Waals surface area (Å²) in [6.45, 7) is 4.43. The summed E-state index contributed by atoms with van der Waals surface area (Å²) >= 11 is 0. The minimum absolute atomic E-state index is 0.182. The van der Waals surface area contributed by atoms with Crippen molar-refractivity contribution in [2.45, 2.75) is 19.8 Å². The molecule has 19 heavy (non-hydrogen) atoms. The quantitative estimate of drug-likeness (QED) is 0.709. The molecule has 5 heteroatoms. The number of hydrogen-bond donors (Lipinski definition) is 2. The number of carbonyl (C=O) groups is 1. The molecule has 106 valence electrons. The molecule has 1 rings (SSSR count). The van der Waals surface area contributed by atoms with Crippen LogP contribution >= 0.6 is 0 Å². The first-order chi connectivity index (χ1) is 9.22. The van der Waals surface area contributed by atoms with Crippen LogP contribution in [-0.4, -0.2) is 32.3 Å². The lowest BCUT2D eigenvalue weighted by Gasteiger charge is -2.07. The molecule has 0 unspecified atom stereocenters. The summed E-state index contributed by atoms with van der Waals surface area (Å²) < 4.78 is 17.8. The first-order valence-corrected chi connectivity index (χ1v) is 6.56. The highest BCUT2D eigenvalue weighted by molar-refractivity contribution is 5.73. The van der Waals surface area contributed by atoms with Crippen LogP contribution in [0.1, 0.15) is 18.9 Å². The van der Waals surface area contributed by atoms with E-state index in [-0.39, 0.29) is 11.8 Å². The molecule has 0 aliphatic rings. The number of nitrogens with one attached hydrogen (secondary N) is 2. The summed E-state index contributed by atoms with van der Waals surface area (Å²) in [5.74, 6) is -0.247. The van der Waals surface area contributed by atoms with Crippen LogP contribution in [0.4, 0.5) is 9.18 Å². The average Bonchev–Trinajstić information content (AvgIpc) is 2.41. The molecule has 0 heterocycles. The summed E-state index contributed by atoms with van der Waals surface area (Å²) in [5.41, 5.74) is 0.998. The normalized spacial score (nSPS) is 10.2. The number of benzene rings is 1. The number of carbonyl (C=O) groups excluding carboxylic acids is 1. The molecule has 0 aliphatic carbocycles. The van der Waals surface area contributed by atoms with Crippen molar-refractivity contribution in [3.05, 3.63) is 35.6 Å². The van der Waals surface area contributed by atoms with Crippen molar-refractivity contribution in [1.29, 1.82) is 0 Å². The molecule has 1 aromatic rings. The Bertz CT molecular complexity index is 368. The highest BCUT2D eigenvalue weighted by Crippen LogP contribution is 2.02. The maximum Gasteiger partial charge on any atom is 0.314 e. The molecule has 2 N–H and O–H groups in total. The van der Waals surface area contributed by atoms with Gasteiger partial charge in [0, 0.05) is 26.3 Å². The summed E-state index contributed by atoms with van der Waals surface area (Å²) in [5, 5.41) is 5.50. The van der Waals surface area contributed by atoms with Crippen molar-refractivity contribution in [2.75, 3.05) is 26.3 Å². The molecule has 0 aromatic heterocycles. The molecular weight excluding hydrogens is 247 g/mol. The Balaban J connectivity index is 2.05. The topological polar surface area (TPSA) is 50.4 Å². The van der Waals surface area contributed by atoms with Crippen LogP contribution in [0.5, 0.6) is 0 Å². The summed E-state index contributed by atoms with van der Waals surface area (Å²) in [6, 6.07) is 6.10. The molecule has 0 saturated carbocycles. The van der Waals surface area contributed by atoms with Crippen LogP contribution in [0, 0.1) is 5.82 Å². The lowest BCUT2D eigenvalue weighted by Crippen LogP contribution is -2.37. The fraction of sp³-hybridized carbons (Fsp3) is 0.500. The van der Waals surface area contributed by atoms with Crippen molar-refractivity contribution in [3.63, 3.8) is 0 Å². The second-order valence-corrected chi connectivity index (χ2v) is 4.11. The number of urea groups is 1. The Hall–Kier alpha value is -1.62. The van der Waals surface area contributed by atoms with E-state index >= 15 is 0 Å². The van der Waals surface area contributed by atoms with Crippen molar-refractivity contribution >= 4 is 6.03 Å². The van der Waals surface area contributed by atoms with E-state index in [0.29, 0.717) is 32.7 Å². The molecule has 0 radical (unpaired) electrons. The molecule has 2 amide bonds. The van der Waals surface area contributed by atoms with E-state index < -0.39 is 0 Å². The Morgan fingerprint density at radius 3 is 2.58 bits per heavy atom.